The van der Waals surface area contributed by atoms with Crippen LogP contribution in [-0.4, -0.2) is 59.2 Å². The third kappa shape index (κ3) is 6.98. The molecule has 0 aliphatic rings. The molecule has 4 aromatic rings. The largest absolute Gasteiger partial charge is 0.481 e. The van der Waals surface area contributed by atoms with Gasteiger partial charge in [-0.25, -0.2) is 9.97 Å². The fourth-order valence-corrected chi connectivity index (χ4v) is 6.67. The highest BCUT2D eigenvalue weighted by Crippen LogP contribution is 2.48. The first-order valence-corrected chi connectivity index (χ1v) is 15.9. The zero-order valence-corrected chi connectivity index (χ0v) is 26.4. The summed E-state index contributed by atoms with van der Waals surface area (Å²) in [5.74, 6) is 1.89. The third-order valence-corrected chi connectivity index (χ3v) is 8.77. The molecule has 206 valence electrons. The molecule has 0 fully saturated rings. The molecule has 0 amide bonds. The lowest BCUT2D eigenvalue weighted by molar-refractivity contribution is 0.00326. The van der Waals surface area contributed by atoms with Crippen LogP contribution in [0, 0.1) is 0 Å². The Bertz CT molecular complexity index is 1380. The van der Waals surface area contributed by atoms with Crippen molar-refractivity contribution in [3.8, 4) is 5.88 Å². The van der Waals surface area contributed by atoms with Crippen LogP contribution in [0.5, 0.6) is 5.88 Å². The van der Waals surface area contributed by atoms with Crippen LogP contribution in [0.1, 0.15) is 42.9 Å². The highest BCUT2D eigenvalue weighted by Gasteiger charge is 2.43. The number of rotatable bonds is 12. The number of hydrogen-bond donors (Lipinski definition) is 1. The predicted molar refractivity (Wildman–Crippen MR) is 168 cm³/mol. The molecule has 2 atom stereocenters. The van der Waals surface area contributed by atoms with Gasteiger partial charge in [-0.2, -0.15) is 0 Å². The number of fused-ring (bicyclic) bond motifs is 1. The first kappa shape index (κ1) is 29.9. The Morgan fingerprint density at radius 3 is 2.21 bits per heavy atom. The standard InChI is InChI=1S/C31H36BrN3O2S2/c1-6-38-27-19-23(20-28(34-27)39-7-2)31(36,15-16-35(3)4)29(21-11-9-8-10-12-21)25-18-22-17-24(32)13-14-26(22)33-30(25)37-5/h8-14,17-20,29,36H,6-7,15-16H2,1-5H3/t29-,31-/m1/s1. The summed E-state index contributed by atoms with van der Waals surface area (Å²) in [6.45, 7) is 4.95. The number of methoxy groups -OCH3 is 1. The zero-order valence-electron chi connectivity index (χ0n) is 23.1. The first-order valence-electron chi connectivity index (χ1n) is 13.1. The quantitative estimate of drug-likeness (QED) is 0.163. The summed E-state index contributed by atoms with van der Waals surface area (Å²) in [6.07, 6.45) is 0.510. The van der Waals surface area contributed by atoms with Gasteiger partial charge in [-0.3, -0.25) is 0 Å². The molecule has 0 unspecified atom stereocenters. The summed E-state index contributed by atoms with van der Waals surface area (Å²) >= 11 is 7.00. The maximum atomic E-state index is 13.1. The number of aliphatic hydroxyl groups is 1. The van der Waals surface area contributed by atoms with E-state index in [2.05, 4.69) is 71.1 Å². The van der Waals surface area contributed by atoms with E-state index >= 15 is 0 Å². The number of benzene rings is 2. The van der Waals surface area contributed by atoms with Crippen molar-refractivity contribution < 1.29 is 9.84 Å². The summed E-state index contributed by atoms with van der Waals surface area (Å²) in [5.41, 5.74) is 2.28. The first-order chi connectivity index (χ1) is 18.8. The van der Waals surface area contributed by atoms with Gasteiger partial charge in [0, 0.05) is 27.9 Å². The van der Waals surface area contributed by atoms with Crippen LogP contribution in [0.2, 0.25) is 0 Å². The van der Waals surface area contributed by atoms with Crippen molar-refractivity contribution in [3.63, 3.8) is 0 Å². The Morgan fingerprint density at radius 1 is 0.949 bits per heavy atom. The smallest absolute Gasteiger partial charge is 0.217 e. The van der Waals surface area contributed by atoms with E-state index in [1.165, 1.54) is 0 Å². The van der Waals surface area contributed by atoms with Gasteiger partial charge in [-0.1, -0.05) is 60.1 Å². The Labute approximate surface area is 248 Å². The van der Waals surface area contributed by atoms with Crippen LogP contribution in [0.3, 0.4) is 0 Å². The van der Waals surface area contributed by atoms with Gasteiger partial charge < -0.3 is 14.7 Å². The normalized spacial score (nSPS) is 13.9. The number of nitrogens with zero attached hydrogens (tertiary/aromatic N) is 3. The van der Waals surface area contributed by atoms with Crippen molar-refractivity contribution >= 4 is 50.4 Å². The predicted octanol–water partition coefficient (Wildman–Crippen LogP) is 7.60. The topological polar surface area (TPSA) is 58.5 Å². The van der Waals surface area contributed by atoms with E-state index in [9.17, 15) is 5.11 Å². The fraction of sp³-hybridized carbons (Fsp3) is 0.355. The maximum absolute atomic E-state index is 13.1. The van der Waals surface area contributed by atoms with Gasteiger partial charge in [0.25, 0.3) is 0 Å². The van der Waals surface area contributed by atoms with Crippen LogP contribution in [-0.2, 0) is 5.60 Å². The molecule has 0 aliphatic carbocycles. The Morgan fingerprint density at radius 2 is 1.62 bits per heavy atom. The van der Waals surface area contributed by atoms with Crippen LogP contribution in [0.15, 0.2) is 81.3 Å². The molecule has 4 rings (SSSR count). The second-order valence-corrected chi connectivity index (χ2v) is 13.1. The lowest BCUT2D eigenvalue weighted by atomic mass is 9.72. The monoisotopic (exact) mass is 625 g/mol. The lowest BCUT2D eigenvalue weighted by Gasteiger charge is -2.39. The number of pyridine rings is 2. The molecule has 39 heavy (non-hydrogen) atoms. The van der Waals surface area contributed by atoms with E-state index in [0.717, 1.165) is 53.6 Å². The van der Waals surface area contributed by atoms with Crippen molar-refractivity contribution in [1.82, 2.24) is 14.9 Å². The number of hydrogen-bond acceptors (Lipinski definition) is 7. The molecule has 0 saturated heterocycles. The molecular weight excluding hydrogens is 590 g/mol. The van der Waals surface area contributed by atoms with Crippen LogP contribution in [0.25, 0.3) is 10.9 Å². The number of ether oxygens (including phenoxy) is 1. The van der Waals surface area contributed by atoms with Crippen LogP contribution in [0.4, 0.5) is 0 Å². The van der Waals surface area contributed by atoms with Gasteiger partial charge in [0.15, 0.2) is 0 Å². The van der Waals surface area contributed by atoms with Crippen molar-refractivity contribution in [1.29, 1.82) is 0 Å². The molecule has 2 heterocycles. The average molecular weight is 627 g/mol. The zero-order chi connectivity index (χ0) is 28.0. The third-order valence-electron chi connectivity index (χ3n) is 6.69. The van der Waals surface area contributed by atoms with Gasteiger partial charge in [0.2, 0.25) is 5.88 Å². The minimum absolute atomic E-state index is 0.439. The molecule has 2 aromatic heterocycles. The van der Waals surface area contributed by atoms with Crippen molar-refractivity contribution in [3.05, 3.63) is 87.9 Å². The second kappa shape index (κ2) is 13.5. The number of halogens is 1. The van der Waals surface area contributed by atoms with Gasteiger partial charge in [0.05, 0.1) is 22.7 Å². The summed E-state index contributed by atoms with van der Waals surface area (Å²) in [7, 11) is 5.73. The van der Waals surface area contributed by atoms with Crippen LogP contribution >= 0.6 is 39.5 Å². The lowest BCUT2D eigenvalue weighted by Crippen LogP contribution is -2.38. The molecule has 0 saturated carbocycles. The Kier molecular flexibility index (Phi) is 10.3. The number of thioether (sulfide) groups is 2. The van der Waals surface area contributed by atoms with E-state index in [1.54, 1.807) is 30.6 Å². The van der Waals surface area contributed by atoms with Crippen molar-refractivity contribution in [2.75, 3.05) is 39.3 Å². The van der Waals surface area contributed by atoms with Crippen molar-refractivity contribution in [2.24, 2.45) is 0 Å². The van der Waals surface area contributed by atoms with Gasteiger partial charge >= 0.3 is 0 Å². The van der Waals surface area contributed by atoms with E-state index in [4.69, 9.17) is 14.7 Å². The van der Waals surface area contributed by atoms with E-state index in [-0.39, 0.29) is 0 Å². The van der Waals surface area contributed by atoms with Crippen molar-refractivity contribution in [2.45, 2.75) is 41.8 Å². The fourth-order valence-electron chi connectivity index (χ4n) is 4.90. The SMILES string of the molecule is CCSc1cc([C@](O)(CCN(C)C)[C@H](c2ccccc2)c2cc3cc(Br)ccc3nc2OC)cc(SCC)n1. The molecule has 0 bridgehead atoms. The van der Waals surface area contributed by atoms with Gasteiger partial charge in [-0.15, -0.1) is 23.5 Å². The molecule has 0 radical (unpaired) electrons. The molecule has 0 spiro atoms. The highest BCUT2D eigenvalue weighted by molar-refractivity contribution is 9.10. The molecule has 8 heteroatoms. The summed E-state index contributed by atoms with van der Waals surface area (Å²) in [5, 5.41) is 15.9. The summed E-state index contributed by atoms with van der Waals surface area (Å²) in [6, 6.07) is 22.5. The molecular formula is C31H36BrN3O2S2. The molecule has 0 aliphatic heterocycles. The highest BCUT2D eigenvalue weighted by atomic mass is 79.9. The molecule has 2 aromatic carbocycles. The van der Waals surface area contributed by atoms with E-state index in [1.807, 2.05) is 44.4 Å². The van der Waals surface area contributed by atoms with E-state index in [0.29, 0.717) is 18.8 Å². The summed E-state index contributed by atoms with van der Waals surface area (Å²) in [4.78, 5) is 11.9. The minimum Gasteiger partial charge on any atom is -0.481 e. The number of aromatic nitrogens is 2. The summed E-state index contributed by atoms with van der Waals surface area (Å²) < 4.78 is 6.88. The van der Waals surface area contributed by atoms with Gasteiger partial charge in [0.1, 0.15) is 5.60 Å². The minimum atomic E-state index is -1.27. The Balaban J connectivity index is 2.04. The van der Waals surface area contributed by atoms with E-state index < -0.39 is 11.5 Å². The average Bonchev–Trinajstić information content (AvgIpc) is 2.92. The Hall–Kier alpha value is -2.10. The maximum Gasteiger partial charge on any atom is 0.217 e. The van der Waals surface area contributed by atoms with Gasteiger partial charge in [-0.05, 0) is 79.5 Å². The second-order valence-electron chi connectivity index (χ2n) is 9.64. The van der Waals surface area contributed by atoms with Crippen LogP contribution < -0.4 is 4.74 Å². The molecule has 5 nitrogen and oxygen atoms in total. The molecule has 1 N–H and O–H groups in total.